The fourth-order valence-corrected chi connectivity index (χ4v) is 3.56. The number of fused-ring (bicyclic) bond motifs is 1. The lowest BCUT2D eigenvalue weighted by molar-refractivity contribution is 0.0642. The molecule has 0 radical (unpaired) electrons. The number of rotatable bonds is 1. The molecule has 1 atom stereocenters. The number of piperidine rings is 1. The van der Waals surface area contributed by atoms with Crippen molar-refractivity contribution in [1.29, 1.82) is 0 Å². The van der Waals surface area contributed by atoms with Crippen LogP contribution in [0.1, 0.15) is 35.9 Å². The van der Waals surface area contributed by atoms with Crippen LogP contribution < -0.4 is 5.73 Å². The molecule has 1 aliphatic rings. The standard InChI is InChI=1S/C13H16N4OS/c1-8-4-2-3-7-17(8)13(18)11-10(14)9-5-6-15-16-12(9)19-11/h5-6,8H,2-4,7,14H2,1H3. The lowest BCUT2D eigenvalue weighted by atomic mass is 10.0. The van der Waals surface area contributed by atoms with Crippen LogP contribution in [0.25, 0.3) is 10.2 Å². The predicted molar refractivity (Wildman–Crippen MR) is 76.2 cm³/mol. The van der Waals surface area contributed by atoms with Gasteiger partial charge in [-0.3, -0.25) is 4.79 Å². The molecule has 0 aliphatic carbocycles. The van der Waals surface area contributed by atoms with Crippen LogP contribution in [0.4, 0.5) is 5.69 Å². The molecule has 6 heteroatoms. The third kappa shape index (κ3) is 2.06. The summed E-state index contributed by atoms with van der Waals surface area (Å²) in [4.78, 5) is 15.9. The molecule has 1 aliphatic heterocycles. The number of nitrogens with zero attached hydrogens (tertiary/aromatic N) is 3. The highest BCUT2D eigenvalue weighted by molar-refractivity contribution is 7.21. The lowest BCUT2D eigenvalue weighted by Gasteiger charge is -2.33. The van der Waals surface area contributed by atoms with Crippen LogP contribution in [0, 0.1) is 0 Å². The molecule has 1 fully saturated rings. The molecule has 3 rings (SSSR count). The van der Waals surface area contributed by atoms with Crippen molar-refractivity contribution >= 4 is 33.1 Å². The summed E-state index contributed by atoms with van der Waals surface area (Å²) in [7, 11) is 0. The number of nitrogen functional groups attached to an aromatic ring is 1. The van der Waals surface area contributed by atoms with Crippen molar-refractivity contribution in [3.05, 3.63) is 17.1 Å². The van der Waals surface area contributed by atoms with E-state index in [4.69, 9.17) is 5.73 Å². The maximum atomic E-state index is 12.6. The van der Waals surface area contributed by atoms with Crippen molar-refractivity contribution in [1.82, 2.24) is 15.1 Å². The molecule has 2 N–H and O–H groups in total. The van der Waals surface area contributed by atoms with Crippen LogP contribution in [0.5, 0.6) is 0 Å². The van der Waals surface area contributed by atoms with Crippen molar-refractivity contribution in [2.45, 2.75) is 32.2 Å². The van der Waals surface area contributed by atoms with Gasteiger partial charge >= 0.3 is 0 Å². The zero-order valence-electron chi connectivity index (χ0n) is 10.8. The topological polar surface area (TPSA) is 72.1 Å². The first kappa shape index (κ1) is 12.3. The minimum atomic E-state index is 0.0349. The van der Waals surface area contributed by atoms with Gasteiger partial charge in [0.1, 0.15) is 9.71 Å². The van der Waals surface area contributed by atoms with E-state index in [1.165, 1.54) is 17.8 Å². The average molecular weight is 276 g/mol. The van der Waals surface area contributed by atoms with E-state index in [1.54, 1.807) is 6.20 Å². The van der Waals surface area contributed by atoms with Crippen LogP contribution in [0.2, 0.25) is 0 Å². The van der Waals surface area contributed by atoms with E-state index in [0.717, 1.165) is 29.6 Å². The number of carbonyl (C=O) groups is 1. The quantitative estimate of drug-likeness (QED) is 0.867. The van der Waals surface area contributed by atoms with Crippen LogP contribution >= 0.6 is 11.3 Å². The van der Waals surface area contributed by atoms with Gasteiger partial charge in [0.2, 0.25) is 0 Å². The van der Waals surface area contributed by atoms with Crippen LogP contribution in [0.3, 0.4) is 0 Å². The van der Waals surface area contributed by atoms with E-state index in [-0.39, 0.29) is 11.9 Å². The van der Waals surface area contributed by atoms with E-state index in [2.05, 4.69) is 17.1 Å². The number of likely N-dealkylation sites (tertiary alicyclic amines) is 1. The Labute approximate surface area is 115 Å². The van der Waals surface area contributed by atoms with Gasteiger partial charge in [-0.05, 0) is 32.3 Å². The second-order valence-corrected chi connectivity index (χ2v) is 5.94. The van der Waals surface area contributed by atoms with Gasteiger partial charge in [0.25, 0.3) is 5.91 Å². The van der Waals surface area contributed by atoms with Crippen LogP contribution in [-0.2, 0) is 0 Å². The third-order valence-corrected chi connectivity index (χ3v) is 4.77. The summed E-state index contributed by atoms with van der Waals surface area (Å²) in [6.45, 7) is 2.92. The van der Waals surface area contributed by atoms with Gasteiger partial charge < -0.3 is 10.6 Å². The number of hydrogen-bond acceptors (Lipinski definition) is 5. The molecule has 0 aromatic carbocycles. The maximum absolute atomic E-state index is 12.6. The summed E-state index contributed by atoms with van der Waals surface area (Å²) in [5.41, 5.74) is 6.63. The van der Waals surface area contributed by atoms with Crippen molar-refractivity contribution in [3.8, 4) is 0 Å². The monoisotopic (exact) mass is 276 g/mol. The molecule has 2 aromatic heterocycles. The third-order valence-electron chi connectivity index (χ3n) is 3.68. The van der Waals surface area contributed by atoms with Crippen molar-refractivity contribution in [2.75, 3.05) is 12.3 Å². The molecule has 0 saturated carbocycles. The fourth-order valence-electron chi connectivity index (χ4n) is 2.56. The molecule has 19 heavy (non-hydrogen) atoms. The van der Waals surface area contributed by atoms with Gasteiger partial charge in [0.15, 0.2) is 0 Å². The summed E-state index contributed by atoms with van der Waals surface area (Å²) in [6.07, 6.45) is 4.93. The van der Waals surface area contributed by atoms with Gasteiger partial charge in [-0.15, -0.1) is 16.4 Å². The first-order chi connectivity index (χ1) is 9.18. The van der Waals surface area contributed by atoms with Crippen molar-refractivity contribution < 1.29 is 4.79 Å². The first-order valence-electron chi connectivity index (χ1n) is 6.49. The van der Waals surface area contributed by atoms with Gasteiger partial charge in [0.05, 0.1) is 11.9 Å². The van der Waals surface area contributed by atoms with Crippen LogP contribution in [-0.4, -0.2) is 33.6 Å². The molecule has 0 spiro atoms. The smallest absolute Gasteiger partial charge is 0.266 e. The minimum Gasteiger partial charge on any atom is -0.397 e. The SMILES string of the molecule is CC1CCCCN1C(=O)c1sc2nnccc2c1N. The molecule has 0 bridgehead atoms. The van der Waals surface area contributed by atoms with Gasteiger partial charge in [-0.1, -0.05) is 0 Å². The summed E-state index contributed by atoms with van der Waals surface area (Å²) in [5, 5.41) is 8.69. The molecular weight excluding hydrogens is 260 g/mol. The minimum absolute atomic E-state index is 0.0349. The average Bonchev–Trinajstić information content (AvgIpc) is 2.77. The second-order valence-electron chi connectivity index (χ2n) is 4.94. The number of nitrogens with two attached hydrogens (primary N) is 1. The molecule has 1 unspecified atom stereocenters. The molecule has 5 nitrogen and oxygen atoms in total. The number of carbonyl (C=O) groups excluding carboxylic acids is 1. The normalized spacial score (nSPS) is 19.8. The van der Waals surface area contributed by atoms with Crippen molar-refractivity contribution in [3.63, 3.8) is 0 Å². The Morgan fingerprint density at radius 3 is 3.11 bits per heavy atom. The van der Waals surface area contributed by atoms with E-state index in [9.17, 15) is 4.79 Å². The molecule has 2 aromatic rings. The molecule has 100 valence electrons. The van der Waals surface area contributed by atoms with Gasteiger partial charge in [-0.25, -0.2) is 0 Å². The Balaban J connectivity index is 1.99. The Bertz CT molecular complexity index is 624. The zero-order chi connectivity index (χ0) is 13.4. The van der Waals surface area contributed by atoms with Gasteiger partial charge in [0, 0.05) is 18.0 Å². The maximum Gasteiger partial charge on any atom is 0.266 e. The Hall–Kier alpha value is -1.69. The molecular formula is C13H16N4OS. The van der Waals surface area contributed by atoms with Crippen molar-refractivity contribution in [2.24, 2.45) is 0 Å². The fraction of sp³-hybridized carbons (Fsp3) is 0.462. The number of anilines is 1. The zero-order valence-corrected chi connectivity index (χ0v) is 11.6. The first-order valence-corrected chi connectivity index (χ1v) is 7.30. The molecule has 1 saturated heterocycles. The van der Waals surface area contributed by atoms with E-state index in [0.29, 0.717) is 10.6 Å². The van der Waals surface area contributed by atoms with Gasteiger partial charge in [-0.2, -0.15) is 5.10 Å². The number of hydrogen-bond donors (Lipinski definition) is 1. The molecule has 1 amide bonds. The summed E-state index contributed by atoms with van der Waals surface area (Å²) < 4.78 is 0. The van der Waals surface area contributed by atoms with Crippen LogP contribution in [0.15, 0.2) is 12.3 Å². The highest BCUT2D eigenvalue weighted by atomic mass is 32.1. The summed E-state index contributed by atoms with van der Waals surface area (Å²) in [5.74, 6) is 0.0349. The lowest BCUT2D eigenvalue weighted by Crippen LogP contribution is -2.41. The molecule has 3 heterocycles. The van der Waals surface area contributed by atoms with E-state index in [1.807, 2.05) is 11.0 Å². The number of aromatic nitrogens is 2. The Morgan fingerprint density at radius 1 is 1.53 bits per heavy atom. The Kier molecular flexibility index (Phi) is 3.10. The van der Waals surface area contributed by atoms with E-state index >= 15 is 0 Å². The number of thiophene rings is 1. The summed E-state index contributed by atoms with van der Waals surface area (Å²) >= 11 is 1.34. The summed E-state index contributed by atoms with van der Waals surface area (Å²) in [6, 6.07) is 2.10. The highest BCUT2D eigenvalue weighted by Crippen LogP contribution is 2.33. The predicted octanol–water partition coefficient (Wildman–Crippen LogP) is 2.29. The largest absolute Gasteiger partial charge is 0.397 e. The number of amides is 1. The second kappa shape index (κ2) is 4.77. The van der Waals surface area contributed by atoms with E-state index < -0.39 is 0 Å². The Morgan fingerprint density at radius 2 is 2.37 bits per heavy atom. The highest BCUT2D eigenvalue weighted by Gasteiger charge is 2.27.